The summed E-state index contributed by atoms with van der Waals surface area (Å²) in [5, 5.41) is 3.84. The lowest BCUT2D eigenvalue weighted by Gasteiger charge is -2.14. The Bertz CT molecular complexity index is 285. The zero-order valence-electron chi connectivity index (χ0n) is 12.7. The largest absolute Gasteiger partial charge is 0.310 e. The summed E-state index contributed by atoms with van der Waals surface area (Å²) in [7, 11) is 0. The average molecular weight is 261 g/mol. The number of fused-ring (bicyclic) bond motifs is 1. The first kappa shape index (κ1) is 14.9. The lowest BCUT2D eigenvalue weighted by Crippen LogP contribution is -2.30. The summed E-state index contributed by atoms with van der Waals surface area (Å²) in [6.45, 7) is 2.26. The fourth-order valence-electron chi connectivity index (χ4n) is 3.69. The molecular formula is C18H31N. The van der Waals surface area contributed by atoms with Crippen LogP contribution in [0.3, 0.4) is 0 Å². The van der Waals surface area contributed by atoms with Gasteiger partial charge in [-0.05, 0) is 31.6 Å². The maximum Gasteiger partial charge on any atom is 0.0243 e. The van der Waals surface area contributed by atoms with Crippen molar-refractivity contribution in [3.05, 3.63) is 0 Å². The molecule has 0 aromatic carbocycles. The van der Waals surface area contributed by atoms with Crippen molar-refractivity contribution in [3.8, 4) is 11.8 Å². The van der Waals surface area contributed by atoms with E-state index in [0.29, 0.717) is 6.04 Å². The molecule has 1 aliphatic carbocycles. The Labute approximate surface area is 119 Å². The standard InChI is InChI=1S/C18H31N/c1-2-3-4-5-6-7-10-13-17-15-16-12-9-8-11-14-18(16)19-17/h16-19H,2-6,8-9,11-15H2,1H3/t16-,17+,18-/m1/s1. The molecule has 0 spiro atoms. The second kappa shape index (κ2) is 8.64. The Morgan fingerprint density at radius 1 is 1.00 bits per heavy atom. The fraction of sp³-hybridized carbons (Fsp3) is 0.889. The predicted molar refractivity (Wildman–Crippen MR) is 83.1 cm³/mol. The molecule has 1 saturated carbocycles. The first-order chi connectivity index (χ1) is 9.40. The van der Waals surface area contributed by atoms with Crippen LogP contribution in [-0.2, 0) is 0 Å². The monoisotopic (exact) mass is 261 g/mol. The quantitative estimate of drug-likeness (QED) is 0.560. The first-order valence-electron chi connectivity index (χ1n) is 8.62. The molecule has 2 aliphatic rings. The van der Waals surface area contributed by atoms with Crippen LogP contribution in [0.5, 0.6) is 0 Å². The topological polar surface area (TPSA) is 12.0 Å². The van der Waals surface area contributed by atoms with E-state index in [4.69, 9.17) is 0 Å². The van der Waals surface area contributed by atoms with Gasteiger partial charge in [-0.1, -0.05) is 45.4 Å². The normalized spacial score (nSPS) is 30.3. The minimum absolute atomic E-state index is 0.691. The van der Waals surface area contributed by atoms with Crippen molar-refractivity contribution < 1.29 is 0 Å². The van der Waals surface area contributed by atoms with Gasteiger partial charge < -0.3 is 5.32 Å². The summed E-state index contributed by atoms with van der Waals surface area (Å²) in [5.74, 6) is 7.75. The molecule has 1 heterocycles. The van der Waals surface area contributed by atoms with Crippen molar-refractivity contribution in [3.63, 3.8) is 0 Å². The Balaban J connectivity index is 1.61. The molecule has 19 heavy (non-hydrogen) atoms. The van der Waals surface area contributed by atoms with Gasteiger partial charge in [-0.2, -0.15) is 0 Å². The first-order valence-corrected chi connectivity index (χ1v) is 8.62. The van der Waals surface area contributed by atoms with E-state index in [-0.39, 0.29) is 0 Å². The van der Waals surface area contributed by atoms with Crippen LogP contribution in [0.1, 0.15) is 84.0 Å². The second-order valence-corrected chi connectivity index (χ2v) is 6.47. The summed E-state index contributed by atoms with van der Waals surface area (Å²) in [6, 6.07) is 1.51. The van der Waals surface area contributed by atoms with Crippen molar-refractivity contribution >= 4 is 0 Å². The van der Waals surface area contributed by atoms with Gasteiger partial charge in [0.25, 0.3) is 0 Å². The molecule has 2 fully saturated rings. The van der Waals surface area contributed by atoms with E-state index in [9.17, 15) is 0 Å². The Morgan fingerprint density at radius 2 is 1.89 bits per heavy atom. The number of rotatable bonds is 5. The molecule has 0 aromatic rings. The molecule has 1 aliphatic heterocycles. The molecule has 0 unspecified atom stereocenters. The SMILES string of the molecule is CCCCCCC#CC[C@H]1C[C@H]2CCCCC[C@H]2N1. The lowest BCUT2D eigenvalue weighted by molar-refractivity contribution is 0.424. The van der Waals surface area contributed by atoms with E-state index in [1.165, 1.54) is 64.2 Å². The molecular weight excluding hydrogens is 230 g/mol. The highest BCUT2D eigenvalue weighted by molar-refractivity contribution is 5.04. The van der Waals surface area contributed by atoms with E-state index in [2.05, 4.69) is 24.1 Å². The van der Waals surface area contributed by atoms with Gasteiger partial charge in [-0.3, -0.25) is 0 Å². The zero-order chi connectivity index (χ0) is 13.3. The van der Waals surface area contributed by atoms with Gasteiger partial charge >= 0.3 is 0 Å². The highest BCUT2D eigenvalue weighted by atomic mass is 15.0. The lowest BCUT2D eigenvalue weighted by atomic mass is 9.94. The number of nitrogens with one attached hydrogen (secondary N) is 1. The van der Waals surface area contributed by atoms with Gasteiger partial charge in [-0.25, -0.2) is 0 Å². The van der Waals surface area contributed by atoms with Crippen molar-refractivity contribution in [2.75, 3.05) is 0 Å². The Hall–Kier alpha value is -0.480. The van der Waals surface area contributed by atoms with Crippen LogP contribution in [0, 0.1) is 17.8 Å². The maximum absolute atomic E-state index is 3.84. The third-order valence-corrected chi connectivity index (χ3v) is 4.82. The van der Waals surface area contributed by atoms with E-state index >= 15 is 0 Å². The smallest absolute Gasteiger partial charge is 0.0243 e. The van der Waals surface area contributed by atoms with Gasteiger partial charge in [0.05, 0.1) is 0 Å². The predicted octanol–water partition coefficient (Wildman–Crippen LogP) is 4.66. The van der Waals surface area contributed by atoms with Gasteiger partial charge in [0.2, 0.25) is 0 Å². The fourth-order valence-corrected chi connectivity index (χ4v) is 3.69. The highest BCUT2D eigenvalue weighted by Crippen LogP contribution is 2.32. The van der Waals surface area contributed by atoms with Crippen LogP contribution < -0.4 is 5.32 Å². The number of hydrogen-bond donors (Lipinski definition) is 1. The summed E-state index contributed by atoms with van der Waals surface area (Å²) in [5.41, 5.74) is 0. The third-order valence-electron chi connectivity index (χ3n) is 4.82. The average Bonchev–Trinajstić information content (AvgIpc) is 2.67. The zero-order valence-corrected chi connectivity index (χ0v) is 12.7. The van der Waals surface area contributed by atoms with Gasteiger partial charge in [-0.15, -0.1) is 11.8 Å². The van der Waals surface area contributed by atoms with Crippen LogP contribution in [0.2, 0.25) is 0 Å². The second-order valence-electron chi connectivity index (χ2n) is 6.47. The van der Waals surface area contributed by atoms with Crippen LogP contribution in [-0.4, -0.2) is 12.1 Å². The van der Waals surface area contributed by atoms with Crippen molar-refractivity contribution in [1.29, 1.82) is 0 Å². The minimum atomic E-state index is 0.691. The van der Waals surface area contributed by atoms with Crippen molar-refractivity contribution in [2.24, 2.45) is 5.92 Å². The third kappa shape index (κ3) is 5.19. The van der Waals surface area contributed by atoms with Crippen LogP contribution in [0.4, 0.5) is 0 Å². The molecule has 108 valence electrons. The highest BCUT2D eigenvalue weighted by Gasteiger charge is 2.33. The van der Waals surface area contributed by atoms with Crippen molar-refractivity contribution in [2.45, 2.75) is 96.1 Å². The number of hydrogen-bond acceptors (Lipinski definition) is 1. The van der Waals surface area contributed by atoms with E-state index in [1.54, 1.807) is 0 Å². The molecule has 0 radical (unpaired) electrons. The van der Waals surface area contributed by atoms with Crippen LogP contribution in [0.25, 0.3) is 0 Å². The van der Waals surface area contributed by atoms with Crippen LogP contribution >= 0.6 is 0 Å². The summed E-state index contributed by atoms with van der Waals surface area (Å²) < 4.78 is 0. The summed E-state index contributed by atoms with van der Waals surface area (Å²) in [4.78, 5) is 0. The van der Waals surface area contributed by atoms with E-state index < -0.39 is 0 Å². The Morgan fingerprint density at radius 3 is 2.79 bits per heavy atom. The molecule has 0 bridgehead atoms. The molecule has 0 aromatic heterocycles. The summed E-state index contributed by atoms with van der Waals surface area (Å²) >= 11 is 0. The van der Waals surface area contributed by atoms with Gasteiger partial charge in [0, 0.05) is 24.9 Å². The minimum Gasteiger partial charge on any atom is -0.310 e. The van der Waals surface area contributed by atoms with Gasteiger partial charge in [0.15, 0.2) is 0 Å². The van der Waals surface area contributed by atoms with Crippen molar-refractivity contribution in [1.82, 2.24) is 5.32 Å². The Kier molecular flexibility index (Phi) is 6.79. The molecule has 1 heteroatoms. The molecule has 2 rings (SSSR count). The van der Waals surface area contributed by atoms with Crippen LogP contribution in [0.15, 0.2) is 0 Å². The molecule has 0 amide bonds. The van der Waals surface area contributed by atoms with E-state index in [0.717, 1.165) is 24.8 Å². The molecule has 1 nitrogen and oxygen atoms in total. The molecule has 3 atom stereocenters. The van der Waals surface area contributed by atoms with Gasteiger partial charge in [0.1, 0.15) is 0 Å². The maximum atomic E-state index is 3.84. The van der Waals surface area contributed by atoms with E-state index in [1.807, 2.05) is 0 Å². The molecule has 1 saturated heterocycles. The molecule has 1 N–H and O–H groups in total. The number of unbranched alkanes of at least 4 members (excludes halogenated alkanes) is 4. The summed E-state index contributed by atoms with van der Waals surface area (Å²) in [6.07, 6.45) is 16.1.